The number of sulfonamides is 1. The Labute approximate surface area is 246 Å². The number of amides is 2. The highest BCUT2D eigenvalue weighted by atomic mass is 35.5. The first-order valence-corrected chi connectivity index (χ1v) is 15.0. The van der Waals surface area contributed by atoms with Crippen molar-refractivity contribution in [2.45, 2.75) is 30.8 Å². The first kappa shape index (κ1) is 29.8. The zero-order chi connectivity index (χ0) is 29.4. The number of para-hydroxylation sites is 1. The molecule has 0 fully saturated rings. The lowest BCUT2D eigenvalue weighted by Crippen LogP contribution is -2.53. The molecule has 9 heteroatoms. The Kier molecular flexibility index (Phi) is 9.81. The van der Waals surface area contributed by atoms with E-state index in [9.17, 15) is 18.0 Å². The molecule has 0 heterocycles. The number of rotatable bonds is 11. The van der Waals surface area contributed by atoms with E-state index in [0.717, 1.165) is 15.4 Å². The quantitative estimate of drug-likeness (QED) is 0.260. The second-order valence-corrected chi connectivity index (χ2v) is 11.9. The summed E-state index contributed by atoms with van der Waals surface area (Å²) in [6, 6.07) is 30.7. The maximum Gasteiger partial charge on any atom is 0.264 e. The molecule has 0 bridgehead atoms. The van der Waals surface area contributed by atoms with Crippen molar-refractivity contribution in [1.82, 2.24) is 10.2 Å². The Morgan fingerprint density at radius 2 is 1.37 bits per heavy atom. The molecule has 1 unspecified atom stereocenters. The number of carbonyl (C=O) groups excluding carboxylic acids is 2. The van der Waals surface area contributed by atoms with E-state index in [2.05, 4.69) is 5.32 Å². The van der Waals surface area contributed by atoms with Crippen LogP contribution in [0.25, 0.3) is 0 Å². The molecule has 0 aliphatic carbocycles. The van der Waals surface area contributed by atoms with Crippen LogP contribution in [-0.2, 0) is 32.6 Å². The van der Waals surface area contributed by atoms with Crippen LogP contribution in [0.2, 0.25) is 5.02 Å². The van der Waals surface area contributed by atoms with E-state index in [1.54, 1.807) is 31.2 Å². The zero-order valence-corrected chi connectivity index (χ0v) is 24.5. The monoisotopic (exact) mass is 589 g/mol. The minimum atomic E-state index is -4.18. The van der Waals surface area contributed by atoms with Crippen LogP contribution in [0.15, 0.2) is 114 Å². The maximum atomic E-state index is 14.2. The third-order valence-corrected chi connectivity index (χ3v) is 8.80. The van der Waals surface area contributed by atoms with E-state index in [1.807, 2.05) is 60.7 Å². The molecule has 2 amide bonds. The highest BCUT2D eigenvalue weighted by molar-refractivity contribution is 7.92. The average Bonchev–Trinajstić information content (AvgIpc) is 2.99. The molecule has 4 aromatic rings. The van der Waals surface area contributed by atoms with Crippen molar-refractivity contribution in [1.29, 1.82) is 0 Å². The molecule has 0 spiro atoms. The summed E-state index contributed by atoms with van der Waals surface area (Å²) >= 11 is 6.02. The van der Waals surface area contributed by atoms with Crippen LogP contribution in [0.1, 0.15) is 16.7 Å². The fourth-order valence-electron chi connectivity index (χ4n) is 4.59. The van der Waals surface area contributed by atoms with Gasteiger partial charge in [-0.25, -0.2) is 8.42 Å². The molecule has 1 N–H and O–H groups in total. The Balaban J connectivity index is 1.78. The molecule has 0 saturated carbocycles. The minimum absolute atomic E-state index is 0.000278. The van der Waals surface area contributed by atoms with E-state index in [0.29, 0.717) is 16.3 Å². The van der Waals surface area contributed by atoms with Crippen LogP contribution in [0.4, 0.5) is 5.69 Å². The van der Waals surface area contributed by atoms with Gasteiger partial charge in [-0.3, -0.25) is 13.9 Å². The highest BCUT2D eigenvalue weighted by Gasteiger charge is 2.34. The lowest BCUT2D eigenvalue weighted by molar-refractivity contribution is -0.139. The lowest BCUT2D eigenvalue weighted by Gasteiger charge is -2.34. The number of hydrogen-bond donors (Lipinski definition) is 1. The van der Waals surface area contributed by atoms with E-state index in [-0.39, 0.29) is 23.8 Å². The summed E-state index contributed by atoms with van der Waals surface area (Å²) in [5.74, 6) is -0.861. The number of benzene rings is 4. The van der Waals surface area contributed by atoms with Gasteiger partial charge in [0.2, 0.25) is 11.8 Å². The Morgan fingerprint density at radius 1 is 0.805 bits per heavy atom. The van der Waals surface area contributed by atoms with Crippen molar-refractivity contribution in [3.8, 4) is 0 Å². The number of carbonyl (C=O) groups is 2. The number of likely N-dealkylation sites (N-methyl/N-ethyl adjacent to an activating group) is 1. The fraction of sp³-hybridized carbons (Fsp3) is 0.188. The first-order chi connectivity index (χ1) is 19.7. The topological polar surface area (TPSA) is 86.8 Å². The maximum absolute atomic E-state index is 14.2. The highest BCUT2D eigenvalue weighted by Crippen LogP contribution is 2.28. The van der Waals surface area contributed by atoms with E-state index >= 15 is 0 Å². The van der Waals surface area contributed by atoms with Gasteiger partial charge in [0, 0.05) is 25.0 Å². The molecule has 0 aliphatic rings. The number of nitrogens with zero attached hydrogens (tertiary/aromatic N) is 2. The molecule has 0 saturated heterocycles. The smallest absolute Gasteiger partial charge is 0.264 e. The van der Waals surface area contributed by atoms with E-state index in [1.165, 1.54) is 36.2 Å². The Bertz CT molecular complexity index is 1580. The van der Waals surface area contributed by atoms with Gasteiger partial charge in [0.25, 0.3) is 10.0 Å². The third-order valence-electron chi connectivity index (χ3n) is 6.78. The predicted molar refractivity (Wildman–Crippen MR) is 162 cm³/mol. The van der Waals surface area contributed by atoms with Crippen molar-refractivity contribution in [3.63, 3.8) is 0 Å². The molecule has 41 heavy (non-hydrogen) atoms. The number of halogens is 1. The molecule has 0 aromatic heterocycles. The van der Waals surface area contributed by atoms with Crippen molar-refractivity contribution >= 4 is 39.1 Å². The first-order valence-electron chi connectivity index (χ1n) is 13.1. The van der Waals surface area contributed by atoms with Gasteiger partial charge < -0.3 is 10.2 Å². The molecule has 0 aliphatic heterocycles. The molecule has 7 nitrogen and oxygen atoms in total. The summed E-state index contributed by atoms with van der Waals surface area (Å²) < 4.78 is 29.1. The number of nitrogens with one attached hydrogen (secondary N) is 1. The summed E-state index contributed by atoms with van der Waals surface area (Å²) in [5, 5.41) is 3.08. The van der Waals surface area contributed by atoms with Crippen LogP contribution < -0.4 is 9.62 Å². The van der Waals surface area contributed by atoms with Gasteiger partial charge in [-0.05, 0) is 53.9 Å². The van der Waals surface area contributed by atoms with Crippen molar-refractivity contribution in [2.75, 3.05) is 17.9 Å². The van der Waals surface area contributed by atoms with Crippen LogP contribution in [0, 0.1) is 6.92 Å². The van der Waals surface area contributed by atoms with E-state index < -0.39 is 28.5 Å². The lowest BCUT2D eigenvalue weighted by atomic mass is 10.0. The largest absolute Gasteiger partial charge is 0.357 e. The summed E-state index contributed by atoms with van der Waals surface area (Å²) in [6.45, 7) is 1.40. The number of aryl methyl sites for hydroxylation is 1. The van der Waals surface area contributed by atoms with Crippen molar-refractivity contribution in [2.24, 2.45) is 0 Å². The molecule has 212 valence electrons. The average molecular weight is 590 g/mol. The Morgan fingerprint density at radius 3 is 1.95 bits per heavy atom. The summed E-state index contributed by atoms with van der Waals surface area (Å²) in [7, 11) is -2.65. The molecular weight excluding hydrogens is 558 g/mol. The molecule has 1 atom stereocenters. The van der Waals surface area contributed by atoms with Crippen LogP contribution >= 0.6 is 11.6 Å². The second-order valence-electron chi connectivity index (χ2n) is 9.58. The summed E-state index contributed by atoms with van der Waals surface area (Å²) in [5.41, 5.74) is 2.73. The molecular formula is C32H32ClN3O4S. The molecule has 4 aromatic carbocycles. The zero-order valence-electron chi connectivity index (χ0n) is 22.9. The SMILES string of the molecule is CNC(=O)C(Cc1ccccc1)N(Cc1ccccc1)C(=O)CN(c1ccccc1C)S(=O)(=O)c1ccc(Cl)cc1. The number of anilines is 1. The normalized spacial score (nSPS) is 11.9. The third kappa shape index (κ3) is 7.34. The molecule has 4 rings (SSSR count). The van der Waals surface area contributed by atoms with Crippen molar-refractivity contribution < 1.29 is 18.0 Å². The van der Waals surface area contributed by atoms with E-state index in [4.69, 9.17) is 11.6 Å². The van der Waals surface area contributed by atoms with Gasteiger partial charge >= 0.3 is 0 Å². The van der Waals surface area contributed by atoms with Gasteiger partial charge in [-0.1, -0.05) is 90.5 Å². The van der Waals surface area contributed by atoms with Gasteiger partial charge in [-0.2, -0.15) is 0 Å². The van der Waals surface area contributed by atoms with Gasteiger partial charge in [0.1, 0.15) is 12.6 Å². The van der Waals surface area contributed by atoms with Gasteiger partial charge in [0.05, 0.1) is 10.6 Å². The minimum Gasteiger partial charge on any atom is -0.357 e. The van der Waals surface area contributed by atoms with Gasteiger partial charge in [-0.15, -0.1) is 0 Å². The summed E-state index contributed by atoms with van der Waals surface area (Å²) in [4.78, 5) is 29.0. The fourth-order valence-corrected chi connectivity index (χ4v) is 6.20. The Hall–Kier alpha value is -4.14. The van der Waals surface area contributed by atoms with Crippen molar-refractivity contribution in [3.05, 3.63) is 131 Å². The van der Waals surface area contributed by atoms with Crippen LogP contribution in [0.3, 0.4) is 0 Å². The van der Waals surface area contributed by atoms with Crippen LogP contribution in [-0.4, -0.2) is 44.8 Å². The second kappa shape index (κ2) is 13.5. The molecule has 0 radical (unpaired) electrons. The predicted octanol–water partition coefficient (Wildman–Crippen LogP) is 5.23. The number of hydrogen-bond acceptors (Lipinski definition) is 4. The van der Waals surface area contributed by atoms with Crippen LogP contribution in [0.5, 0.6) is 0 Å². The standard InChI is InChI=1S/C32H32ClN3O4S/c1-24-11-9-10-16-29(24)36(41(39,40)28-19-17-27(33)18-20-28)23-31(37)35(22-26-14-7-4-8-15-26)30(32(38)34-2)21-25-12-5-3-6-13-25/h3-20,30H,21-23H2,1-2H3,(H,34,38). The van der Waals surface area contributed by atoms with Gasteiger partial charge in [0.15, 0.2) is 0 Å². The summed E-state index contributed by atoms with van der Waals surface area (Å²) in [6.07, 6.45) is 0.257.